The molecular weight excluding hydrogens is 382 g/mol. The van der Waals surface area contributed by atoms with E-state index in [1.54, 1.807) is 17.4 Å². The Morgan fingerprint density at radius 1 is 1.14 bits per heavy atom. The molecule has 1 saturated heterocycles. The fraction of sp³-hybridized carbons (Fsp3) is 0.273. The van der Waals surface area contributed by atoms with Gasteiger partial charge in [-0.05, 0) is 55.5 Å². The first-order chi connectivity index (χ1) is 14.2. The number of likely N-dealkylation sites (tertiary alicyclic amines) is 1. The van der Waals surface area contributed by atoms with Crippen molar-refractivity contribution in [2.75, 3.05) is 13.1 Å². The normalized spacial score (nSPS) is 17.0. The van der Waals surface area contributed by atoms with Crippen LogP contribution in [-0.4, -0.2) is 43.5 Å². The van der Waals surface area contributed by atoms with Crippen molar-refractivity contribution in [2.24, 2.45) is 0 Å². The van der Waals surface area contributed by atoms with Gasteiger partial charge in [-0.15, -0.1) is 11.3 Å². The van der Waals surface area contributed by atoms with E-state index in [4.69, 9.17) is 10.1 Å². The van der Waals surface area contributed by atoms with E-state index in [0.717, 1.165) is 42.1 Å². The summed E-state index contributed by atoms with van der Waals surface area (Å²) in [4.78, 5) is 25.1. The number of aryl methyl sites for hydroxylation is 1. The molecule has 4 aromatic heterocycles. The fourth-order valence-corrected chi connectivity index (χ4v) is 4.58. The number of aromatic nitrogens is 4. The second-order valence-electron chi connectivity index (χ2n) is 7.42. The van der Waals surface area contributed by atoms with Crippen molar-refractivity contribution in [3.8, 4) is 10.4 Å². The molecule has 1 aliphatic rings. The Bertz CT molecular complexity index is 1170. The van der Waals surface area contributed by atoms with Crippen LogP contribution in [0.15, 0.2) is 54.0 Å². The molecule has 6 nitrogen and oxygen atoms in total. The maximum atomic E-state index is 12.9. The molecule has 5 rings (SSSR count). The van der Waals surface area contributed by atoms with Crippen LogP contribution in [0.4, 0.5) is 0 Å². The van der Waals surface area contributed by atoms with Gasteiger partial charge in [-0.1, -0.05) is 12.1 Å². The highest BCUT2D eigenvalue weighted by atomic mass is 32.1. The third-order valence-electron chi connectivity index (χ3n) is 5.33. The van der Waals surface area contributed by atoms with Crippen LogP contribution in [0.1, 0.15) is 40.8 Å². The van der Waals surface area contributed by atoms with Crippen molar-refractivity contribution >= 4 is 22.9 Å². The van der Waals surface area contributed by atoms with Gasteiger partial charge in [-0.3, -0.25) is 4.79 Å². The average Bonchev–Trinajstić information content (AvgIpc) is 3.42. The van der Waals surface area contributed by atoms with Gasteiger partial charge in [-0.2, -0.15) is 5.10 Å². The summed E-state index contributed by atoms with van der Waals surface area (Å²) in [6.07, 6.45) is 3.96. The van der Waals surface area contributed by atoms with Crippen molar-refractivity contribution in [2.45, 2.75) is 25.7 Å². The quantitative estimate of drug-likeness (QED) is 0.515. The zero-order chi connectivity index (χ0) is 19.8. The van der Waals surface area contributed by atoms with Gasteiger partial charge in [0.05, 0.1) is 0 Å². The Kier molecular flexibility index (Phi) is 4.60. The van der Waals surface area contributed by atoms with Crippen LogP contribution in [0.3, 0.4) is 0 Å². The monoisotopic (exact) mass is 403 g/mol. The molecule has 1 aliphatic heterocycles. The lowest BCUT2D eigenvalue weighted by atomic mass is 9.97. The molecule has 0 radical (unpaired) electrons. The first kappa shape index (κ1) is 18.0. The summed E-state index contributed by atoms with van der Waals surface area (Å²) in [5, 5.41) is 6.82. The molecule has 7 heteroatoms. The molecule has 1 fully saturated rings. The number of carbonyl (C=O) groups is 1. The highest BCUT2D eigenvalue weighted by Crippen LogP contribution is 2.28. The second kappa shape index (κ2) is 7.40. The molecule has 29 heavy (non-hydrogen) atoms. The van der Waals surface area contributed by atoms with Gasteiger partial charge in [-0.25, -0.2) is 14.5 Å². The molecular formula is C22H21N5OS. The summed E-state index contributed by atoms with van der Waals surface area (Å²) >= 11 is 1.71. The SMILES string of the molecule is Cc1cccc(C(=O)N2CCC[C@@H](c3nc4ccc(-c5cccs5)cn4n3)C2)n1. The molecule has 0 saturated carbocycles. The van der Waals surface area contributed by atoms with Gasteiger partial charge in [0.1, 0.15) is 5.69 Å². The Morgan fingerprint density at radius 3 is 2.90 bits per heavy atom. The summed E-state index contributed by atoms with van der Waals surface area (Å²) in [5.41, 5.74) is 3.33. The van der Waals surface area contributed by atoms with E-state index >= 15 is 0 Å². The summed E-state index contributed by atoms with van der Waals surface area (Å²) in [7, 11) is 0. The number of hydrogen-bond donors (Lipinski definition) is 0. The van der Waals surface area contributed by atoms with E-state index < -0.39 is 0 Å². The van der Waals surface area contributed by atoms with Crippen LogP contribution in [-0.2, 0) is 0 Å². The molecule has 0 N–H and O–H groups in total. The van der Waals surface area contributed by atoms with Gasteiger partial charge >= 0.3 is 0 Å². The second-order valence-corrected chi connectivity index (χ2v) is 8.37. The van der Waals surface area contributed by atoms with Crippen molar-refractivity contribution < 1.29 is 4.79 Å². The first-order valence-corrected chi connectivity index (χ1v) is 10.7. The minimum Gasteiger partial charge on any atom is -0.337 e. The van der Waals surface area contributed by atoms with Gasteiger partial charge in [0.2, 0.25) is 0 Å². The maximum Gasteiger partial charge on any atom is 0.272 e. The molecule has 5 heterocycles. The van der Waals surface area contributed by atoms with E-state index in [0.29, 0.717) is 12.2 Å². The molecule has 1 amide bonds. The molecule has 1 atom stereocenters. The molecule has 0 aromatic carbocycles. The molecule has 0 unspecified atom stereocenters. The zero-order valence-electron chi connectivity index (χ0n) is 16.2. The number of piperidine rings is 1. The molecule has 0 aliphatic carbocycles. The molecule has 4 aromatic rings. The predicted octanol–water partition coefficient (Wildman–Crippen LogP) is 4.18. The van der Waals surface area contributed by atoms with Crippen LogP contribution in [0.2, 0.25) is 0 Å². The summed E-state index contributed by atoms with van der Waals surface area (Å²) < 4.78 is 1.85. The van der Waals surface area contributed by atoms with Crippen LogP contribution < -0.4 is 0 Å². The lowest BCUT2D eigenvalue weighted by Crippen LogP contribution is -2.39. The van der Waals surface area contributed by atoms with Crippen LogP contribution >= 0.6 is 11.3 Å². The third-order valence-corrected chi connectivity index (χ3v) is 6.25. The van der Waals surface area contributed by atoms with Crippen molar-refractivity contribution in [1.82, 2.24) is 24.5 Å². The van der Waals surface area contributed by atoms with E-state index in [1.807, 2.05) is 46.8 Å². The van der Waals surface area contributed by atoms with Crippen LogP contribution in [0, 0.1) is 6.92 Å². The van der Waals surface area contributed by atoms with Crippen molar-refractivity contribution in [3.05, 3.63) is 71.3 Å². The van der Waals surface area contributed by atoms with Gasteiger partial charge in [0.15, 0.2) is 11.5 Å². The molecule has 0 spiro atoms. The van der Waals surface area contributed by atoms with Gasteiger partial charge in [0, 0.05) is 41.3 Å². The number of carbonyl (C=O) groups excluding carboxylic acids is 1. The van der Waals surface area contributed by atoms with Crippen molar-refractivity contribution in [1.29, 1.82) is 0 Å². The average molecular weight is 404 g/mol. The minimum absolute atomic E-state index is 0.0119. The highest BCUT2D eigenvalue weighted by molar-refractivity contribution is 7.13. The van der Waals surface area contributed by atoms with Crippen LogP contribution in [0.25, 0.3) is 16.1 Å². The summed E-state index contributed by atoms with van der Waals surface area (Å²) in [5.74, 6) is 0.938. The van der Waals surface area contributed by atoms with Crippen molar-refractivity contribution in [3.63, 3.8) is 0 Å². The number of hydrogen-bond acceptors (Lipinski definition) is 5. The highest BCUT2D eigenvalue weighted by Gasteiger charge is 2.28. The maximum absolute atomic E-state index is 12.9. The third kappa shape index (κ3) is 3.53. The number of nitrogens with zero attached hydrogens (tertiary/aromatic N) is 5. The minimum atomic E-state index is -0.0119. The van der Waals surface area contributed by atoms with E-state index in [1.165, 1.54) is 4.88 Å². The lowest BCUT2D eigenvalue weighted by Gasteiger charge is -2.31. The molecule has 0 bridgehead atoms. The number of thiophene rings is 1. The summed E-state index contributed by atoms with van der Waals surface area (Å²) in [6.45, 7) is 3.28. The predicted molar refractivity (Wildman–Crippen MR) is 113 cm³/mol. The van der Waals surface area contributed by atoms with E-state index in [2.05, 4.69) is 22.5 Å². The fourth-order valence-electron chi connectivity index (χ4n) is 3.86. The topological polar surface area (TPSA) is 63.4 Å². The smallest absolute Gasteiger partial charge is 0.272 e. The lowest BCUT2D eigenvalue weighted by molar-refractivity contribution is 0.0698. The largest absolute Gasteiger partial charge is 0.337 e. The summed E-state index contributed by atoms with van der Waals surface area (Å²) in [6, 6.07) is 13.8. The van der Waals surface area contributed by atoms with Gasteiger partial charge in [0.25, 0.3) is 5.91 Å². The number of rotatable bonds is 3. The zero-order valence-corrected chi connectivity index (χ0v) is 17.0. The standard InChI is InChI=1S/C22H21N5OS/c1-15-5-2-7-18(23-15)22(28)26-11-3-6-17(13-26)21-24-20-10-9-16(14-27(20)25-21)19-8-4-12-29-19/h2,4-5,7-10,12,14,17H,3,6,11,13H2,1H3/t17-/m1/s1. The number of pyridine rings is 2. The molecule has 146 valence electrons. The van der Waals surface area contributed by atoms with Gasteiger partial charge < -0.3 is 4.90 Å². The number of fused-ring (bicyclic) bond motifs is 1. The van der Waals surface area contributed by atoms with E-state index in [9.17, 15) is 4.79 Å². The number of amides is 1. The Morgan fingerprint density at radius 2 is 2.07 bits per heavy atom. The van der Waals surface area contributed by atoms with E-state index in [-0.39, 0.29) is 11.8 Å². The Labute approximate surface area is 172 Å². The van der Waals surface area contributed by atoms with Crippen LogP contribution in [0.5, 0.6) is 0 Å². The Balaban J connectivity index is 1.39. The first-order valence-electron chi connectivity index (χ1n) is 9.80. The Hall–Kier alpha value is -3.06.